The van der Waals surface area contributed by atoms with E-state index in [1.807, 2.05) is 30.3 Å². The quantitative estimate of drug-likeness (QED) is 0.468. The number of nitrogen functional groups attached to an aromatic ring is 1. The van der Waals surface area contributed by atoms with Crippen LogP contribution in [0.5, 0.6) is 0 Å². The number of anilines is 1. The van der Waals surface area contributed by atoms with Crippen LogP contribution in [0.4, 0.5) is 5.69 Å². The fourth-order valence-electron chi connectivity index (χ4n) is 2.23. The van der Waals surface area contributed by atoms with Crippen LogP contribution >= 0.6 is 22.6 Å². The molecule has 2 aromatic carbocycles. The standard InChI is InChI=1S/C17H20INO/c1-11(2)12-3-5-13(6-4-12)17(20)16-9-15(19)8-7-14(16)10-18/h3-9,11,17,20H,10,19H2,1-2H3. The van der Waals surface area contributed by atoms with Gasteiger partial charge in [0.25, 0.3) is 0 Å². The largest absolute Gasteiger partial charge is 0.399 e. The fraction of sp³-hybridized carbons (Fsp3) is 0.294. The van der Waals surface area contributed by atoms with Gasteiger partial charge in [0.1, 0.15) is 6.10 Å². The molecule has 0 aromatic heterocycles. The summed E-state index contributed by atoms with van der Waals surface area (Å²) >= 11 is 2.31. The molecule has 0 fully saturated rings. The molecule has 20 heavy (non-hydrogen) atoms. The van der Waals surface area contributed by atoms with Crippen LogP contribution in [0, 0.1) is 0 Å². The van der Waals surface area contributed by atoms with E-state index in [0.29, 0.717) is 11.6 Å². The van der Waals surface area contributed by atoms with Crippen molar-refractivity contribution >= 4 is 28.3 Å². The summed E-state index contributed by atoms with van der Waals surface area (Å²) in [5.41, 5.74) is 10.7. The van der Waals surface area contributed by atoms with Crippen molar-refractivity contribution in [1.29, 1.82) is 0 Å². The number of benzene rings is 2. The summed E-state index contributed by atoms with van der Waals surface area (Å²) in [4.78, 5) is 0. The highest BCUT2D eigenvalue weighted by Crippen LogP contribution is 2.29. The molecule has 0 aliphatic heterocycles. The van der Waals surface area contributed by atoms with E-state index in [1.165, 1.54) is 5.56 Å². The Kier molecular flexibility index (Phi) is 5.05. The van der Waals surface area contributed by atoms with E-state index in [1.54, 1.807) is 0 Å². The molecular weight excluding hydrogens is 361 g/mol. The highest BCUT2D eigenvalue weighted by atomic mass is 127. The van der Waals surface area contributed by atoms with Crippen LogP contribution in [-0.4, -0.2) is 5.11 Å². The second kappa shape index (κ2) is 6.59. The zero-order valence-electron chi connectivity index (χ0n) is 11.8. The van der Waals surface area contributed by atoms with E-state index in [0.717, 1.165) is 21.1 Å². The normalized spacial score (nSPS) is 12.7. The molecule has 0 amide bonds. The number of nitrogens with two attached hydrogens (primary N) is 1. The lowest BCUT2D eigenvalue weighted by Crippen LogP contribution is -2.04. The molecule has 2 nitrogen and oxygen atoms in total. The number of hydrogen-bond acceptors (Lipinski definition) is 2. The van der Waals surface area contributed by atoms with Crippen molar-refractivity contribution < 1.29 is 5.11 Å². The summed E-state index contributed by atoms with van der Waals surface area (Å²) in [7, 11) is 0. The first-order valence-corrected chi connectivity index (χ1v) is 8.27. The van der Waals surface area contributed by atoms with Gasteiger partial charge in [-0.15, -0.1) is 0 Å². The molecule has 0 radical (unpaired) electrons. The molecule has 0 spiro atoms. The van der Waals surface area contributed by atoms with Gasteiger partial charge in [-0.25, -0.2) is 0 Å². The van der Waals surface area contributed by atoms with Crippen LogP contribution in [0.25, 0.3) is 0 Å². The van der Waals surface area contributed by atoms with Crippen molar-refractivity contribution in [3.05, 3.63) is 64.7 Å². The van der Waals surface area contributed by atoms with Crippen LogP contribution in [0.3, 0.4) is 0 Å². The third-order valence-electron chi connectivity index (χ3n) is 3.53. The Labute approximate surface area is 134 Å². The first-order chi connectivity index (χ1) is 9.52. The van der Waals surface area contributed by atoms with Gasteiger partial charge in [-0.2, -0.15) is 0 Å². The molecule has 106 valence electrons. The molecular formula is C17H20INO. The third-order valence-corrected chi connectivity index (χ3v) is 4.35. The highest BCUT2D eigenvalue weighted by molar-refractivity contribution is 14.1. The van der Waals surface area contributed by atoms with E-state index in [4.69, 9.17) is 5.73 Å². The monoisotopic (exact) mass is 381 g/mol. The molecule has 1 atom stereocenters. The average molecular weight is 381 g/mol. The van der Waals surface area contributed by atoms with Crippen LogP contribution in [0.15, 0.2) is 42.5 Å². The molecule has 0 aliphatic carbocycles. The smallest absolute Gasteiger partial charge is 0.104 e. The number of aliphatic hydroxyl groups excluding tert-OH is 1. The van der Waals surface area contributed by atoms with Gasteiger partial charge < -0.3 is 10.8 Å². The Morgan fingerprint density at radius 3 is 2.20 bits per heavy atom. The molecule has 0 saturated heterocycles. The predicted molar refractivity (Wildman–Crippen MR) is 93.2 cm³/mol. The maximum Gasteiger partial charge on any atom is 0.104 e. The van der Waals surface area contributed by atoms with E-state index in [2.05, 4.69) is 48.6 Å². The minimum atomic E-state index is -0.621. The Hall–Kier alpha value is -1.07. The molecule has 0 aliphatic rings. The van der Waals surface area contributed by atoms with Gasteiger partial charge in [0, 0.05) is 10.1 Å². The maximum absolute atomic E-state index is 10.6. The summed E-state index contributed by atoms with van der Waals surface area (Å²) in [6.45, 7) is 4.33. The summed E-state index contributed by atoms with van der Waals surface area (Å²) in [5.74, 6) is 0.499. The molecule has 2 aromatic rings. The lowest BCUT2D eigenvalue weighted by molar-refractivity contribution is 0.219. The number of hydrogen-bond donors (Lipinski definition) is 2. The average Bonchev–Trinajstić information content (AvgIpc) is 2.46. The van der Waals surface area contributed by atoms with Crippen LogP contribution in [0.2, 0.25) is 0 Å². The Bertz CT molecular complexity index is 578. The first kappa shape index (κ1) is 15.3. The molecule has 0 heterocycles. The number of halogens is 1. The molecule has 0 bridgehead atoms. The Morgan fingerprint density at radius 1 is 1.05 bits per heavy atom. The Balaban J connectivity index is 2.35. The van der Waals surface area contributed by atoms with Gasteiger partial charge in [0.15, 0.2) is 0 Å². The summed E-state index contributed by atoms with van der Waals surface area (Å²) in [5, 5.41) is 10.6. The molecule has 2 rings (SSSR count). The van der Waals surface area contributed by atoms with Gasteiger partial charge in [-0.3, -0.25) is 0 Å². The Morgan fingerprint density at radius 2 is 1.65 bits per heavy atom. The minimum Gasteiger partial charge on any atom is -0.399 e. The lowest BCUT2D eigenvalue weighted by atomic mass is 9.94. The fourth-order valence-corrected chi connectivity index (χ4v) is 2.93. The zero-order valence-corrected chi connectivity index (χ0v) is 14.0. The minimum absolute atomic E-state index is 0.499. The van der Waals surface area contributed by atoms with Gasteiger partial charge in [-0.1, -0.05) is 66.8 Å². The zero-order chi connectivity index (χ0) is 14.7. The molecule has 1 unspecified atom stereocenters. The number of aliphatic hydroxyl groups is 1. The van der Waals surface area contributed by atoms with E-state index < -0.39 is 6.10 Å². The summed E-state index contributed by atoms with van der Waals surface area (Å²) < 4.78 is 0.856. The highest BCUT2D eigenvalue weighted by Gasteiger charge is 2.15. The topological polar surface area (TPSA) is 46.2 Å². The van der Waals surface area contributed by atoms with Gasteiger partial charge in [-0.05, 0) is 40.3 Å². The molecule has 0 saturated carbocycles. The van der Waals surface area contributed by atoms with Gasteiger partial charge in [0.2, 0.25) is 0 Å². The van der Waals surface area contributed by atoms with Crippen molar-refractivity contribution in [1.82, 2.24) is 0 Å². The van der Waals surface area contributed by atoms with E-state index in [-0.39, 0.29) is 0 Å². The van der Waals surface area contributed by atoms with Crippen molar-refractivity contribution in [2.75, 3.05) is 5.73 Å². The number of rotatable bonds is 4. The first-order valence-electron chi connectivity index (χ1n) is 6.75. The predicted octanol–water partition coefficient (Wildman–Crippen LogP) is 4.41. The van der Waals surface area contributed by atoms with Crippen LogP contribution in [0.1, 0.15) is 48.1 Å². The molecule has 3 heteroatoms. The van der Waals surface area contributed by atoms with Crippen LogP contribution < -0.4 is 5.73 Å². The van der Waals surface area contributed by atoms with Crippen LogP contribution in [-0.2, 0) is 4.43 Å². The molecule has 3 N–H and O–H groups in total. The van der Waals surface area contributed by atoms with Crippen molar-refractivity contribution in [2.24, 2.45) is 0 Å². The van der Waals surface area contributed by atoms with Gasteiger partial charge >= 0.3 is 0 Å². The second-order valence-corrected chi connectivity index (χ2v) is 6.08. The number of alkyl halides is 1. The summed E-state index contributed by atoms with van der Waals surface area (Å²) in [6.07, 6.45) is -0.621. The summed E-state index contributed by atoms with van der Waals surface area (Å²) in [6, 6.07) is 13.9. The van der Waals surface area contributed by atoms with Crippen molar-refractivity contribution in [3.63, 3.8) is 0 Å². The lowest BCUT2D eigenvalue weighted by Gasteiger charge is -2.16. The van der Waals surface area contributed by atoms with Gasteiger partial charge in [0.05, 0.1) is 0 Å². The van der Waals surface area contributed by atoms with Crippen molar-refractivity contribution in [2.45, 2.75) is 30.3 Å². The maximum atomic E-state index is 10.6. The van der Waals surface area contributed by atoms with E-state index >= 15 is 0 Å². The van der Waals surface area contributed by atoms with E-state index in [9.17, 15) is 5.11 Å². The second-order valence-electron chi connectivity index (χ2n) is 5.32. The SMILES string of the molecule is CC(C)c1ccc(C(O)c2cc(N)ccc2CI)cc1. The van der Waals surface area contributed by atoms with Crippen molar-refractivity contribution in [3.8, 4) is 0 Å². The third kappa shape index (κ3) is 3.33.